The fourth-order valence-electron chi connectivity index (χ4n) is 3.96. The van der Waals surface area contributed by atoms with E-state index in [1.54, 1.807) is 0 Å². The van der Waals surface area contributed by atoms with Gasteiger partial charge in [0.2, 0.25) is 0 Å². The summed E-state index contributed by atoms with van der Waals surface area (Å²) in [5, 5.41) is 10.1. The Morgan fingerprint density at radius 2 is 1.92 bits per heavy atom. The van der Waals surface area contributed by atoms with E-state index < -0.39 is 0 Å². The van der Waals surface area contributed by atoms with Gasteiger partial charge in [0.15, 0.2) is 0 Å². The van der Waals surface area contributed by atoms with Crippen LogP contribution in [0.3, 0.4) is 0 Å². The van der Waals surface area contributed by atoms with Crippen LogP contribution in [-0.2, 0) is 6.42 Å². The van der Waals surface area contributed by atoms with Crippen molar-refractivity contribution in [3.8, 4) is 0 Å². The van der Waals surface area contributed by atoms with E-state index in [0.29, 0.717) is 6.54 Å². The molecule has 1 aliphatic rings. The first kappa shape index (κ1) is 17.7. The zero-order chi connectivity index (χ0) is 17.9. The van der Waals surface area contributed by atoms with Crippen molar-refractivity contribution in [2.45, 2.75) is 33.1 Å². The molecule has 3 rings (SSSR count). The quantitative estimate of drug-likeness (QED) is 0.923. The number of hydrogen-bond donors (Lipinski definition) is 1. The molecular formula is C22H27NO2. The molecule has 0 spiro atoms. The summed E-state index contributed by atoms with van der Waals surface area (Å²) in [6, 6.07) is 16.2. The van der Waals surface area contributed by atoms with Crippen LogP contribution in [0.1, 0.15) is 39.9 Å². The maximum atomic E-state index is 13.0. The average molecular weight is 337 g/mol. The number of aliphatic hydroxyl groups is 1. The van der Waals surface area contributed by atoms with Crippen LogP contribution in [0.25, 0.3) is 0 Å². The Balaban J connectivity index is 1.80. The SMILES string of the molecule is Cc1ccc(C(=O)N2CCC[C@](CO)(Cc3ccccc3)C2)c(C)c1. The van der Waals surface area contributed by atoms with Crippen molar-refractivity contribution in [2.75, 3.05) is 19.7 Å². The van der Waals surface area contributed by atoms with Crippen molar-refractivity contribution in [2.24, 2.45) is 5.41 Å². The molecule has 132 valence electrons. The van der Waals surface area contributed by atoms with E-state index in [9.17, 15) is 9.90 Å². The molecule has 0 unspecified atom stereocenters. The lowest BCUT2D eigenvalue weighted by Crippen LogP contribution is -2.49. The Morgan fingerprint density at radius 1 is 1.16 bits per heavy atom. The van der Waals surface area contributed by atoms with Crippen LogP contribution in [0, 0.1) is 19.3 Å². The smallest absolute Gasteiger partial charge is 0.254 e. The molecule has 1 atom stereocenters. The van der Waals surface area contributed by atoms with Gasteiger partial charge < -0.3 is 10.0 Å². The van der Waals surface area contributed by atoms with Gasteiger partial charge in [0.05, 0.1) is 6.61 Å². The van der Waals surface area contributed by atoms with Crippen LogP contribution < -0.4 is 0 Å². The molecule has 3 nitrogen and oxygen atoms in total. The third kappa shape index (κ3) is 3.93. The highest BCUT2D eigenvalue weighted by Gasteiger charge is 2.37. The summed E-state index contributed by atoms with van der Waals surface area (Å²) in [7, 11) is 0. The Kier molecular flexibility index (Phi) is 5.24. The molecule has 0 radical (unpaired) electrons. The van der Waals surface area contributed by atoms with Gasteiger partial charge in [-0.15, -0.1) is 0 Å². The minimum atomic E-state index is -0.242. The summed E-state index contributed by atoms with van der Waals surface area (Å²) in [6.45, 7) is 5.53. The Hall–Kier alpha value is -2.13. The highest BCUT2D eigenvalue weighted by molar-refractivity contribution is 5.95. The number of benzene rings is 2. The molecule has 0 bridgehead atoms. The monoisotopic (exact) mass is 337 g/mol. The van der Waals surface area contributed by atoms with Crippen molar-refractivity contribution in [1.82, 2.24) is 4.90 Å². The van der Waals surface area contributed by atoms with Crippen LogP contribution >= 0.6 is 0 Å². The maximum Gasteiger partial charge on any atom is 0.254 e. The van der Waals surface area contributed by atoms with E-state index in [4.69, 9.17) is 0 Å². The van der Waals surface area contributed by atoms with Gasteiger partial charge in [0.1, 0.15) is 0 Å². The second kappa shape index (κ2) is 7.40. The second-order valence-electron chi connectivity index (χ2n) is 7.47. The van der Waals surface area contributed by atoms with Crippen LogP contribution in [0.2, 0.25) is 0 Å². The van der Waals surface area contributed by atoms with Gasteiger partial charge in [-0.3, -0.25) is 4.79 Å². The maximum absolute atomic E-state index is 13.0. The van der Waals surface area contributed by atoms with Crippen molar-refractivity contribution in [1.29, 1.82) is 0 Å². The number of piperidine rings is 1. The number of likely N-dealkylation sites (tertiary alicyclic amines) is 1. The van der Waals surface area contributed by atoms with Gasteiger partial charge in [0, 0.05) is 24.1 Å². The average Bonchev–Trinajstić information content (AvgIpc) is 2.62. The van der Waals surface area contributed by atoms with E-state index in [1.165, 1.54) is 11.1 Å². The van der Waals surface area contributed by atoms with Crippen LogP contribution in [0.4, 0.5) is 0 Å². The van der Waals surface area contributed by atoms with Gasteiger partial charge in [-0.1, -0.05) is 48.0 Å². The highest BCUT2D eigenvalue weighted by Crippen LogP contribution is 2.34. The van der Waals surface area contributed by atoms with E-state index in [-0.39, 0.29) is 17.9 Å². The first-order valence-corrected chi connectivity index (χ1v) is 9.04. The summed E-state index contributed by atoms with van der Waals surface area (Å²) < 4.78 is 0. The molecule has 1 heterocycles. The normalized spacial score (nSPS) is 20.5. The molecule has 0 saturated carbocycles. The molecule has 1 saturated heterocycles. The standard InChI is InChI=1S/C22H27NO2/c1-17-9-10-20(18(2)13-17)21(25)23-12-6-11-22(15-23,16-24)14-19-7-4-3-5-8-19/h3-5,7-10,13,24H,6,11-12,14-16H2,1-2H3/t22-/m0/s1. The van der Waals surface area contributed by atoms with Crippen LogP contribution in [-0.4, -0.2) is 35.6 Å². The molecule has 0 aromatic heterocycles. The van der Waals surface area contributed by atoms with Crippen molar-refractivity contribution < 1.29 is 9.90 Å². The number of nitrogens with zero attached hydrogens (tertiary/aromatic N) is 1. The van der Waals surface area contributed by atoms with Gasteiger partial charge in [-0.25, -0.2) is 0 Å². The number of rotatable bonds is 4. The summed E-state index contributed by atoms with van der Waals surface area (Å²) in [6.07, 6.45) is 2.69. The first-order chi connectivity index (χ1) is 12.0. The lowest BCUT2D eigenvalue weighted by atomic mass is 9.75. The predicted octanol–water partition coefficient (Wildman–Crippen LogP) is 3.76. The molecule has 2 aromatic carbocycles. The summed E-state index contributed by atoms with van der Waals surface area (Å²) in [5.74, 6) is 0.0862. The first-order valence-electron chi connectivity index (χ1n) is 9.04. The summed E-state index contributed by atoms with van der Waals surface area (Å²) in [5.41, 5.74) is 3.94. The molecule has 3 heteroatoms. The number of aliphatic hydroxyl groups excluding tert-OH is 1. The topological polar surface area (TPSA) is 40.5 Å². The number of aryl methyl sites for hydroxylation is 2. The third-order valence-electron chi connectivity index (χ3n) is 5.32. The minimum Gasteiger partial charge on any atom is -0.396 e. The highest BCUT2D eigenvalue weighted by atomic mass is 16.3. The molecule has 1 aliphatic heterocycles. The van der Waals surface area contributed by atoms with Gasteiger partial charge in [-0.2, -0.15) is 0 Å². The van der Waals surface area contributed by atoms with E-state index in [2.05, 4.69) is 18.2 Å². The fourth-order valence-corrected chi connectivity index (χ4v) is 3.96. The Bertz CT molecular complexity index is 741. The number of carbonyl (C=O) groups is 1. The molecular weight excluding hydrogens is 310 g/mol. The Labute approximate surface area is 150 Å². The zero-order valence-electron chi connectivity index (χ0n) is 15.2. The van der Waals surface area contributed by atoms with Crippen LogP contribution in [0.15, 0.2) is 48.5 Å². The predicted molar refractivity (Wildman–Crippen MR) is 101 cm³/mol. The van der Waals surface area contributed by atoms with Gasteiger partial charge in [0.25, 0.3) is 5.91 Å². The Morgan fingerprint density at radius 3 is 2.60 bits per heavy atom. The van der Waals surface area contributed by atoms with Crippen molar-refractivity contribution in [3.63, 3.8) is 0 Å². The fraction of sp³-hybridized carbons (Fsp3) is 0.409. The number of carbonyl (C=O) groups excluding carboxylic acids is 1. The second-order valence-corrected chi connectivity index (χ2v) is 7.47. The van der Waals surface area contributed by atoms with E-state index >= 15 is 0 Å². The van der Waals surface area contributed by atoms with Crippen molar-refractivity contribution in [3.05, 3.63) is 70.8 Å². The summed E-state index contributed by atoms with van der Waals surface area (Å²) >= 11 is 0. The minimum absolute atomic E-state index is 0.0862. The van der Waals surface area contributed by atoms with Gasteiger partial charge in [-0.05, 0) is 50.3 Å². The van der Waals surface area contributed by atoms with Gasteiger partial charge >= 0.3 is 0 Å². The number of amides is 1. The number of hydrogen-bond acceptors (Lipinski definition) is 2. The lowest BCUT2D eigenvalue weighted by molar-refractivity contribution is 0.0271. The van der Waals surface area contributed by atoms with Crippen LogP contribution in [0.5, 0.6) is 0 Å². The zero-order valence-corrected chi connectivity index (χ0v) is 15.2. The molecule has 25 heavy (non-hydrogen) atoms. The molecule has 1 amide bonds. The van der Waals surface area contributed by atoms with E-state index in [0.717, 1.165) is 36.9 Å². The molecule has 0 aliphatic carbocycles. The summed E-state index contributed by atoms with van der Waals surface area (Å²) in [4.78, 5) is 15.0. The molecule has 1 fully saturated rings. The molecule has 2 aromatic rings. The lowest BCUT2D eigenvalue weighted by Gasteiger charge is -2.42. The third-order valence-corrected chi connectivity index (χ3v) is 5.32. The van der Waals surface area contributed by atoms with E-state index in [1.807, 2.05) is 49.1 Å². The largest absolute Gasteiger partial charge is 0.396 e. The van der Waals surface area contributed by atoms with Crippen molar-refractivity contribution >= 4 is 5.91 Å². The molecule has 1 N–H and O–H groups in total.